The molecule has 0 amide bonds. The number of ether oxygens (including phenoxy) is 1. The molecule has 32 heavy (non-hydrogen) atoms. The van der Waals surface area contributed by atoms with Gasteiger partial charge in [0.05, 0.1) is 51.4 Å². The zero-order valence-electron chi connectivity index (χ0n) is 17.7. The molecular formula is C22H26N6O3S. The number of rotatable bonds is 3. The number of fused-ring (bicyclic) bond motifs is 3. The molecule has 0 aromatic heterocycles. The van der Waals surface area contributed by atoms with Crippen molar-refractivity contribution in [1.82, 2.24) is 24.3 Å². The summed E-state index contributed by atoms with van der Waals surface area (Å²) in [5, 5.41) is 0. The number of nitrogens with zero attached hydrogens (tertiary/aromatic N) is 5. The minimum atomic E-state index is -3.54. The normalized spacial score (nSPS) is 36.1. The standard InChI is InChI=1S/C22H26N6O3S/c29-32(30)20-10-18(6-7-19(20)28-8-2-5-21(28)23-32)31-17-4-1-3-16(9-17)22-26-12-24-11-25(14-26)15-27(22)13-24/h1,3-4,6-7,9-10,21-23H,2,5,8,11-15H2. The van der Waals surface area contributed by atoms with E-state index in [1.165, 1.54) is 5.56 Å². The number of hydrogen-bond donors (Lipinski definition) is 1. The summed E-state index contributed by atoms with van der Waals surface area (Å²) in [5.74, 6) is 1.26. The molecule has 1 atom stereocenters. The van der Waals surface area contributed by atoms with Crippen LogP contribution in [0.5, 0.6) is 11.5 Å². The van der Waals surface area contributed by atoms with Gasteiger partial charge >= 0.3 is 0 Å². The first-order valence-corrected chi connectivity index (χ1v) is 12.7. The van der Waals surface area contributed by atoms with Crippen LogP contribution in [0.1, 0.15) is 24.6 Å². The molecule has 0 aliphatic carbocycles. The maximum absolute atomic E-state index is 12.8. The van der Waals surface area contributed by atoms with E-state index >= 15 is 0 Å². The highest BCUT2D eigenvalue weighted by Crippen LogP contribution is 2.40. The van der Waals surface area contributed by atoms with Crippen molar-refractivity contribution in [2.75, 3.05) is 44.8 Å². The molecule has 4 bridgehead atoms. The lowest BCUT2D eigenvalue weighted by molar-refractivity contribution is -0.233. The fourth-order valence-electron chi connectivity index (χ4n) is 5.94. The molecule has 0 spiro atoms. The van der Waals surface area contributed by atoms with Gasteiger partial charge in [-0.05, 0) is 42.7 Å². The van der Waals surface area contributed by atoms with Gasteiger partial charge in [-0.1, -0.05) is 12.1 Å². The maximum Gasteiger partial charge on any atom is 0.244 e. The van der Waals surface area contributed by atoms with Crippen LogP contribution in [-0.4, -0.2) is 74.1 Å². The van der Waals surface area contributed by atoms with Crippen LogP contribution < -0.4 is 14.4 Å². The molecule has 5 fully saturated rings. The predicted molar refractivity (Wildman–Crippen MR) is 118 cm³/mol. The molecule has 2 aromatic rings. The molecule has 0 saturated carbocycles. The fourth-order valence-corrected chi connectivity index (χ4v) is 7.40. The lowest BCUT2D eigenvalue weighted by atomic mass is 10.1. The summed E-state index contributed by atoms with van der Waals surface area (Å²) in [6.45, 7) is 5.85. The van der Waals surface area contributed by atoms with E-state index in [2.05, 4.69) is 41.4 Å². The predicted octanol–water partition coefficient (Wildman–Crippen LogP) is 1.73. The highest BCUT2D eigenvalue weighted by molar-refractivity contribution is 7.89. The Hall–Kier alpha value is -2.21. The SMILES string of the molecule is O=S1(=O)NC2CCCN2c2ccc(Oc3cccc(C4N5CN6CN(C5)CN4C6)c3)cc21. The first-order valence-electron chi connectivity index (χ1n) is 11.2. The third-order valence-electron chi connectivity index (χ3n) is 7.08. The fraction of sp³-hybridized carbons (Fsp3) is 0.455. The lowest BCUT2D eigenvalue weighted by Gasteiger charge is -2.60. The molecule has 10 heteroatoms. The van der Waals surface area contributed by atoms with Crippen molar-refractivity contribution in [3.63, 3.8) is 0 Å². The average Bonchev–Trinajstić information content (AvgIpc) is 3.21. The molecule has 168 valence electrons. The molecular weight excluding hydrogens is 428 g/mol. The number of nitrogens with one attached hydrogen (secondary N) is 1. The van der Waals surface area contributed by atoms with Gasteiger partial charge in [-0.25, -0.2) is 8.42 Å². The van der Waals surface area contributed by atoms with Crippen molar-refractivity contribution < 1.29 is 13.2 Å². The van der Waals surface area contributed by atoms with Crippen molar-refractivity contribution in [3.8, 4) is 11.5 Å². The summed E-state index contributed by atoms with van der Waals surface area (Å²) in [5.41, 5.74) is 1.97. The quantitative estimate of drug-likeness (QED) is 0.752. The van der Waals surface area contributed by atoms with Gasteiger partial charge in [0.15, 0.2) is 0 Å². The summed E-state index contributed by atoms with van der Waals surface area (Å²) in [4.78, 5) is 12.3. The molecule has 6 aliphatic heterocycles. The molecule has 2 aromatic carbocycles. The molecule has 8 rings (SSSR count). The van der Waals surface area contributed by atoms with Gasteiger partial charge in [0.1, 0.15) is 16.4 Å². The van der Waals surface area contributed by atoms with Crippen molar-refractivity contribution in [2.45, 2.75) is 30.1 Å². The second kappa shape index (κ2) is 6.89. The van der Waals surface area contributed by atoms with Gasteiger partial charge in [0, 0.05) is 12.6 Å². The largest absolute Gasteiger partial charge is 0.457 e. The van der Waals surface area contributed by atoms with Gasteiger partial charge < -0.3 is 9.64 Å². The van der Waals surface area contributed by atoms with E-state index in [0.717, 1.165) is 64.2 Å². The molecule has 1 N–H and O–H groups in total. The van der Waals surface area contributed by atoms with Crippen LogP contribution >= 0.6 is 0 Å². The smallest absolute Gasteiger partial charge is 0.244 e. The Kier molecular flexibility index (Phi) is 4.15. The highest BCUT2D eigenvalue weighted by atomic mass is 32.2. The van der Waals surface area contributed by atoms with Gasteiger partial charge in [-0.15, -0.1) is 0 Å². The van der Waals surface area contributed by atoms with E-state index in [4.69, 9.17) is 4.74 Å². The minimum absolute atomic E-state index is 0.130. The average molecular weight is 455 g/mol. The first kappa shape index (κ1) is 19.3. The van der Waals surface area contributed by atoms with Crippen molar-refractivity contribution in [3.05, 3.63) is 48.0 Å². The topological polar surface area (TPSA) is 71.6 Å². The number of sulfonamides is 1. The van der Waals surface area contributed by atoms with E-state index in [1.807, 2.05) is 24.3 Å². The third kappa shape index (κ3) is 2.98. The molecule has 1 unspecified atom stereocenters. The van der Waals surface area contributed by atoms with E-state index in [-0.39, 0.29) is 12.3 Å². The maximum atomic E-state index is 12.8. The Morgan fingerprint density at radius 3 is 2.44 bits per heavy atom. The van der Waals surface area contributed by atoms with Crippen molar-refractivity contribution in [1.29, 1.82) is 0 Å². The van der Waals surface area contributed by atoms with Crippen LogP contribution in [0.15, 0.2) is 47.4 Å². The summed E-state index contributed by atoms with van der Waals surface area (Å²) in [6, 6.07) is 13.6. The van der Waals surface area contributed by atoms with E-state index in [9.17, 15) is 8.42 Å². The summed E-state index contributed by atoms with van der Waals surface area (Å²) < 4.78 is 34.6. The van der Waals surface area contributed by atoms with Crippen LogP contribution in [0.25, 0.3) is 0 Å². The Morgan fingerprint density at radius 2 is 1.66 bits per heavy atom. The summed E-state index contributed by atoms with van der Waals surface area (Å²) in [6.07, 6.45) is 1.94. The van der Waals surface area contributed by atoms with Gasteiger partial charge in [-0.2, -0.15) is 4.72 Å². The van der Waals surface area contributed by atoms with Crippen molar-refractivity contribution >= 4 is 15.7 Å². The van der Waals surface area contributed by atoms with E-state index in [0.29, 0.717) is 10.6 Å². The van der Waals surface area contributed by atoms with E-state index in [1.54, 1.807) is 6.07 Å². The number of anilines is 1. The van der Waals surface area contributed by atoms with Crippen LogP contribution in [0.2, 0.25) is 0 Å². The van der Waals surface area contributed by atoms with Crippen LogP contribution in [0.4, 0.5) is 5.69 Å². The Labute approximate surface area is 187 Å². The zero-order valence-corrected chi connectivity index (χ0v) is 18.5. The van der Waals surface area contributed by atoms with Gasteiger partial charge in [0.2, 0.25) is 10.0 Å². The zero-order chi connectivity index (χ0) is 21.4. The summed E-state index contributed by atoms with van der Waals surface area (Å²) >= 11 is 0. The number of benzene rings is 2. The van der Waals surface area contributed by atoms with Crippen LogP contribution in [0, 0.1) is 0 Å². The Morgan fingerprint density at radius 1 is 0.906 bits per heavy atom. The minimum Gasteiger partial charge on any atom is -0.457 e. The summed E-state index contributed by atoms with van der Waals surface area (Å²) in [7, 11) is -3.54. The molecule has 0 radical (unpaired) electrons. The van der Waals surface area contributed by atoms with Crippen molar-refractivity contribution in [2.24, 2.45) is 0 Å². The van der Waals surface area contributed by atoms with Crippen LogP contribution in [0.3, 0.4) is 0 Å². The first-order chi connectivity index (χ1) is 15.5. The molecule has 6 aliphatic rings. The highest BCUT2D eigenvalue weighted by Gasteiger charge is 2.44. The Bertz CT molecular complexity index is 1160. The van der Waals surface area contributed by atoms with E-state index < -0.39 is 10.0 Å². The molecule has 5 saturated heterocycles. The third-order valence-corrected chi connectivity index (χ3v) is 8.57. The lowest BCUT2D eigenvalue weighted by Crippen LogP contribution is -2.72. The van der Waals surface area contributed by atoms with Gasteiger partial charge in [0.25, 0.3) is 0 Å². The van der Waals surface area contributed by atoms with Gasteiger partial charge in [-0.3, -0.25) is 19.6 Å². The second-order valence-corrected chi connectivity index (χ2v) is 11.1. The van der Waals surface area contributed by atoms with Crippen LogP contribution in [-0.2, 0) is 10.0 Å². The second-order valence-electron chi connectivity index (χ2n) is 9.38. The molecule has 9 nitrogen and oxygen atoms in total. The molecule has 6 heterocycles. The monoisotopic (exact) mass is 454 g/mol. The number of hydrogen-bond acceptors (Lipinski definition) is 8. The Balaban J connectivity index is 1.18.